The number of hydrogen-bond donors (Lipinski definition) is 2. The summed E-state index contributed by atoms with van der Waals surface area (Å²) < 4.78 is 0. The molecule has 0 aliphatic heterocycles. The molecule has 0 aromatic rings. The van der Waals surface area contributed by atoms with Crippen molar-refractivity contribution in [1.29, 1.82) is 0 Å². The van der Waals surface area contributed by atoms with Crippen LogP contribution in [-0.4, -0.2) is 23.0 Å². The van der Waals surface area contributed by atoms with E-state index < -0.39 is 5.97 Å². The number of nitrogens with one attached hydrogen (secondary N) is 1. The van der Waals surface area contributed by atoms with Gasteiger partial charge in [0.25, 0.3) is 0 Å². The van der Waals surface area contributed by atoms with Crippen LogP contribution in [0.4, 0.5) is 0 Å². The average molecular weight is 173 g/mol. The second-order valence-corrected chi connectivity index (χ2v) is 2.74. The van der Waals surface area contributed by atoms with Crippen LogP contribution in [0.2, 0.25) is 0 Å². The van der Waals surface area contributed by atoms with Crippen LogP contribution in [0.25, 0.3) is 0 Å². The molecule has 1 unspecified atom stereocenters. The normalized spacial score (nSPS) is 12.2. The first-order chi connectivity index (χ1) is 5.56. The molecule has 70 valence electrons. The van der Waals surface area contributed by atoms with Gasteiger partial charge in [0.15, 0.2) is 0 Å². The fourth-order valence-electron chi connectivity index (χ4n) is 0.964. The summed E-state index contributed by atoms with van der Waals surface area (Å²) >= 11 is 0. The van der Waals surface area contributed by atoms with Crippen LogP contribution in [0.5, 0.6) is 0 Å². The molecule has 0 heterocycles. The van der Waals surface area contributed by atoms with E-state index in [1.165, 1.54) is 6.92 Å². The predicted molar refractivity (Wildman–Crippen MR) is 44.8 cm³/mol. The minimum Gasteiger partial charge on any atom is -0.481 e. The Hall–Kier alpha value is -1.06. The minimum absolute atomic E-state index is 0.00130. The largest absolute Gasteiger partial charge is 0.481 e. The van der Waals surface area contributed by atoms with Gasteiger partial charge in [-0.15, -0.1) is 0 Å². The SMILES string of the molecule is CCC(CCC(=O)O)NC(C)=O. The maximum atomic E-state index is 10.6. The molecule has 0 rings (SSSR count). The molecule has 0 bridgehead atoms. The van der Waals surface area contributed by atoms with Crippen LogP contribution in [0, 0.1) is 0 Å². The first-order valence-corrected chi connectivity index (χ1v) is 4.05. The lowest BCUT2D eigenvalue weighted by atomic mass is 10.1. The Bertz CT molecular complexity index is 168. The van der Waals surface area contributed by atoms with Crippen molar-refractivity contribution >= 4 is 11.9 Å². The molecule has 0 aliphatic rings. The summed E-state index contributed by atoms with van der Waals surface area (Å²) in [6.45, 7) is 3.35. The van der Waals surface area contributed by atoms with Crippen molar-refractivity contribution in [3.8, 4) is 0 Å². The third-order valence-electron chi connectivity index (χ3n) is 1.61. The van der Waals surface area contributed by atoms with Gasteiger partial charge in [0.2, 0.25) is 5.91 Å². The van der Waals surface area contributed by atoms with E-state index in [9.17, 15) is 9.59 Å². The summed E-state index contributed by atoms with van der Waals surface area (Å²) in [6.07, 6.45) is 1.39. The van der Waals surface area contributed by atoms with Crippen molar-refractivity contribution in [3.05, 3.63) is 0 Å². The molecule has 4 heteroatoms. The van der Waals surface area contributed by atoms with Gasteiger partial charge in [-0.2, -0.15) is 0 Å². The number of carbonyl (C=O) groups is 2. The lowest BCUT2D eigenvalue weighted by Crippen LogP contribution is -2.32. The molecule has 0 saturated heterocycles. The highest BCUT2D eigenvalue weighted by molar-refractivity contribution is 5.73. The predicted octanol–water partition coefficient (Wildman–Crippen LogP) is 0.766. The molecule has 0 aliphatic carbocycles. The zero-order valence-corrected chi connectivity index (χ0v) is 7.46. The number of hydrogen-bond acceptors (Lipinski definition) is 2. The number of carboxylic acid groups (broad SMARTS) is 1. The van der Waals surface area contributed by atoms with Gasteiger partial charge < -0.3 is 10.4 Å². The van der Waals surface area contributed by atoms with Gasteiger partial charge in [-0.25, -0.2) is 0 Å². The molecule has 2 N–H and O–H groups in total. The molecule has 0 aromatic carbocycles. The van der Waals surface area contributed by atoms with Gasteiger partial charge in [-0.05, 0) is 12.8 Å². The zero-order valence-electron chi connectivity index (χ0n) is 7.46. The number of rotatable bonds is 5. The Balaban J connectivity index is 3.67. The van der Waals surface area contributed by atoms with Gasteiger partial charge in [0, 0.05) is 19.4 Å². The molecule has 0 aromatic heterocycles. The fourth-order valence-corrected chi connectivity index (χ4v) is 0.964. The van der Waals surface area contributed by atoms with Gasteiger partial charge in [0.1, 0.15) is 0 Å². The van der Waals surface area contributed by atoms with Crippen LogP contribution < -0.4 is 5.32 Å². The van der Waals surface area contributed by atoms with E-state index in [1.54, 1.807) is 0 Å². The van der Waals surface area contributed by atoms with Crippen LogP contribution in [-0.2, 0) is 9.59 Å². The number of carboxylic acids is 1. The summed E-state index contributed by atoms with van der Waals surface area (Å²) in [5.74, 6) is -0.925. The molecule has 0 radical (unpaired) electrons. The Labute approximate surface area is 72.0 Å². The van der Waals surface area contributed by atoms with Gasteiger partial charge in [-0.3, -0.25) is 9.59 Å². The topological polar surface area (TPSA) is 66.4 Å². The van der Waals surface area contributed by atoms with Crippen molar-refractivity contribution in [2.45, 2.75) is 39.2 Å². The smallest absolute Gasteiger partial charge is 0.303 e. The highest BCUT2D eigenvalue weighted by atomic mass is 16.4. The van der Waals surface area contributed by atoms with Crippen LogP contribution in [0.3, 0.4) is 0 Å². The molecule has 0 spiro atoms. The van der Waals surface area contributed by atoms with E-state index in [1.807, 2.05) is 6.92 Å². The van der Waals surface area contributed by atoms with E-state index in [0.717, 1.165) is 6.42 Å². The van der Waals surface area contributed by atoms with E-state index in [4.69, 9.17) is 5.11 Å². The third-order valence-corrected chi connectivity index (χ3v) is 1.61. The first-order valence-electron chi connectivity index (χ1n) is 4.05. The number of aliphatic carboxylic acids is 1. The molecular weight excluding hydrogens is 158 g/mol. The van der Waals surface area contributed by atoms with Crippen molar-refractivity contribution in [2.24, 2.45) is 0 Å². The fraction of sp³-hybridized carbons (Fsp3) is 0.750. The van der Waals surface area contributed by atoms with Crippen LogP contribution in [0.15, 0.2) is 0 Å². The maximum Gasteiger partial charge on any atom is 0.303 e. The number of amides is 1. The Morgan fingerprint density at radius 3 is 2.42 bits per heavy atom. The lowest BCUT2D eigenvalue weighted by molar-refractivity contribution is -0.137. The monoisotopic (exact) mass is 173 g/mol. The van der Waals surface area contributed by atoms with Crippen molar-refractivity contribution in [1.82, 2.24) is 5.32 Å². The molecular formula is C8H15NO3. The van der Waals surface area contributed by atoms with Crippen molar-refractivity contribution < 1.29 is 14.7 Å². The summed E-state index contributed by atoms with van der Waals surface area (Å²) in [7, 11) is 0. The van der Waals surface area contributed by atoms with E-state index >= 15 is 0 Å². The quantitative estimate of drug-likeness (QED) is 0.645. The van der Waals surface area contributed by atoms with Crippen LogP contribution in [0.1, 0.15) is 33.1 Å². The average Bonchev–Trinajstić information content (AvgIpc) is 1.97. The second kappa shape index (κ2) is 5.57. The molecule has 0 saturated carbocycles. The standard InChI is InChI=1S/C8H15NO3/c1-3-7(9-6(2)10)4-5-8(11)12/h7H,3-5H2,1-2H3,(H,9,10)(H,11,12). The summed E-state index contributed by atoms with van der Waals surface area (Å²) in [5.41, 5.74) is 0. The highest BCUT2D eigenvalue weighted by Gasteiger charge is 2.08. The number of carbonyl (C=O) groups excluding carboxylic acids is 1. The van der Waals surface area contributed by atoms with E-state index in [2.05, 4.69) is 5.32 Å². The molecule has 4 nitrogen and oxygen atoms in total. The lowest BCUT2D eigenvalue weighted by Gasteiger charge is -2.13. The zero-order chi connectivity index (χ0) is 9.56. The Morgan fingerprint density at radius 2 is 2.08 bits per heavy atom. The Morgan fingerprint density at radius 1 is 1.50 bits per heavy atom. The van der Waals surface area contributed by atoms with Crippen molar-refractivity contribution in [3.63, 3.8) is 0 Å². The molecule has 1 amide bonds. The van der Waals surface area contributed by atoms with Gasteiger partial charge in [-0.1, -0.05) is 6.92 Å². The van der Waals surface area contributed by atoms with Crippen molar-refractivity contribution in [2.75, 3.05) is 0 Å². The minimum atomic E-state index is -0.821. The van der Waals surface area contributed by atoms with Gasteiger partial charge in [0.05, 0.1) is 0 Å². The van der Waals surface area contributed by atoms with Gasteiger partial charge >= 0.3 is 5.97 Å². The molecule has 12 heavy (non-hydrogen) atoms. The highest BCUT2D eigenvalue weighted by Crippen LogP contribution is 2.01. The Kier molecular flexibility index (Phi) is 5.08. The van der Waals surface area contributed by atoms with E-state index in [-0.39, 0.29) is 18.4 Å². The summed E-state index contributed by atoms with van der Waals surface area (Å²) in [6, 6.07) is -0.00130. The summed E-state index contributed by atoms with van der Waals surface area (Å²) in [4.78, 5) is 20.8. The van der Waals surface area contributed by atoms with E-state index in [0.29, 0.717) is 6.42 Å². The first kappa shape index (κ1) is 10.9. The maximum absolute atomic E-state index is 10.6. The second-order valence-electron chi connectivity index (χ2n) is 2.74. The third kappa shape index (κ3) is 5.70. The van der Waals surface area contributed by atoms with Crippen LogP contribution >= 0.6 is 0 Å². The summed E-state index contributed by atoms with van der Waals surface area (Å²) in [5, 5.41) is 11.1. The molecule has 0 fully saturated rings. The molecule has 1 atom stereocenters.